The van der Waals surface area contributed by atoms with E-state index in [0.29, 0.717) is 5.92 Å². The first-order valence-corrected chi connectivity index (χ1v) is 4.52. The van der Waals surface area contributed by atoms with Gasteiger partial charge in [0.25, 0.3) is 0 Å². The lowest BCUT2D eigenvalue weighted by Gasteiger charge is -2.05. The molecule has 12 heavy (non-hydrogen) atoms. The van der Waals surface area contributed by atoms with Crippen molar-refractivity contribution < 1.29 is 0 Å². The van der Waals surface area contributed by atoms with E-state index in [4.69, 9.17) is 0 Å². The van der Waals surface area contributed by atoms with Gasteiger partial charge in [-0.2, -0.15) is 0 Å². The zero-order valence-electron chi connectivity index (χ0n) is 7.67. The van der Waals surface area contributed by atoms with Gasteiger partial charge in [0.2, 0.25) is 0 Å². The Hall–Kier alpha value is -1.04. The number of allylic oxidation sites excluding steroid dienone is 8. The third-order valence-electron chi connectivity index (χ3n) is 2.54. The van der Waals surface area contributed by atoms with Gasteiger partial charge in [-0.3, -0.25) is 0 Å². The molecule has 0 fully saturated rings. The first kappa shape index (κ1) is 7.60. The van der Waals surface area contributed by atoms with Crippen LogP contribution < -0.4 is 0 Å². The maximum atomic E-state index is 2.33. The number of hydrogen-bond acceptors (Lipinski definition) is 0. The van der Waals surface area contributed by atoms with Crippen LogP contribution >= 0.6 is 0 Å². The van der Waals surface area contributed by atoms with Crippen molar-refractivity contribution in [3.8, 4) is 0 Å². The molecule has 0 aromatic rings. The molecule has 0 amide bonds. The van der Waals surface area contributed by atoms with E-state index in [9.17, 15) is 0 Å². The predicted molar refractivity (Wildman–Crippen MR) is 52.8 cm³/mol. The Labute approximate surface area is 74.0 Å². The molecule has 0 heterocycles. The largest absolute Gasteiger partial charge is 0.0773 e. The maximum Gasteiger partial charge on any atom is -0.000449 e. The Kier molecular flexibility index (Phi) is 1.76. The molecule has 0 aliphatic heterocycles. The highest BCUT2D eigenvalue weighted by Crippen LogP contribution is 2.32. The van der Waals surface area contributed by atoms with Crippen LogP contribution in [0.3, 0.4) is 0 Å². The Bertz CT molecular complexity index is 311. The highest BCUT2D eigenvalue weighted by atomic mass is 14.2. The average Bonchev–Trinajstić information content (AvgIpc) is 2.33. The van der Waals surface area contributed by atoms with Crippen molar-refractivity contribution in [1.82, 2.24) is 0 Å². The smallest absolute Gasteiger partial charge is 0.000449 e. The molecule has 0 aromatic heterocycles. The van der Waals surface area contributed by atoms with Crippen molar-refractivity contribution in [2.45, 2.75) is 20.3 Å². The van der Waals surface area contributed by atoms with Gasteiger partial charge >= 0.3 is 0 Å². The minimum absolute atomic E-state index is 0.590. The number of hydrogen-bond donors (Lipinski definition) is 0. The van der Waals surface area contributed by atoms with E-state index in [-0.39, 0.29) is 0 Å². The molecule has 62 valence electrons. The quantitative estimate of drug-likeness (QED) is 0.507. The summed E-state index contributed by atoms with van der Waals surface area (Å²) < 4.78 is 0. The van der Waals surface area contributed by atoms with Crippen LogP contribution in [0.1, 0.15) is 20.3 Å². The van der Waals surface area contributed by atoms with E-state index < -0.39 is 0 Å². The summed E-state index contributed by atoms with van der Waals surface area (Å²) in [6.45, 7) is 4.47. The molecule has 0 radical (unpaired) electrons. The van der Waals surface area contributed by atoms with Gasteiger partial charge in [0.15, 0.2) is 0 Å². The van der Waals surface area contributed by atoms with Gasteiger partial charge in [-0.15, -0.1) is 0 Å². The fourth-order valence-corrected chi connectivity index (χ4v) is 1.90. The summed E-state index contributed by atoms with van der Waals surface area (Å²) in [6, 6.07) is 0. The van der Waals surface area contributed by atoms with E-state index in [0.717, 1.165) is 6.42 Å². The summed E-state index contributed by atoms with van der Waals surface area (Å²) in [5.74, 6) is 0.590. The van der Waals surface area contributed by atoms with Crippen molar-refractivity contribution in [2.75, 3.05) is 0 Å². The monoisotopic (exact) mass is 158 g/mol. The molecule has 1 unspecified atom stereocenters. The second-order valence-electron chi connectivity index (χ2n) is 3.68. The maximum absolute atomic E-state index is 2.33. The van der Waals surface area contributed by atoms with Gasteiger partial charge < -0.3 is 0 Å². The Morgan fingerprint density at radius 1 is 1.33 bits per heavy atom. The Balaban J connectivity index is 2.40. The van der Waals surface area contributed by atoms with Crippen LogP contribution in [0.25, 0.3) is 0 Å². The third-order valence-corrected chi connectivity index (χ3v) is 2.54. The minimum atomic E-state index is 0.590. The lowest BCUT2D eigenvalue weighted by molar-refractivity contribution is 0.888. The summed E-state index contributed by atoms with van der Waals surface area (Å²) >= 11 is 0. The molecule has 0 N–H and O–H groups in total. The molecule has 2 rings (SSSR count). The molecule has 0 saturated heterocycles. The van der Waals surface area contributed by atoms with E-state index in [2.05, 4.69) is 44.2 Å². The van der Waals surface area contributed by atoms with Crippen LogP contribution in [-0.2, 0) is 0 Å². The lowest BCUT2D eigenvalue weighted by atomic mass is 9.99. The summed E-state index contributed by atoms with van der Waals surface area (Å²) in [5, 5.41) is 0. The van der Waals surface area contributed by atoms with E-state index in [1.807, 2.05) is 0 Å². The van der Waals surface area contributed by atoms with Crippen LogP contribution in [0.15, 0.2) is 47.1 Å². The lowest BCUT2D eigenvalue weighted by Crippen LogP contribution is -1.91. The highest BCUT2D eigenvalue weighted by Gasteiger charge is 2.15. The van der Waals surface area contributed by atoms with E-state index in [1.165, 1.54) is 16.7 Å². The molecular formula is C12H14. The van der Waals surface area contributed by atoms with Crippen molar-refractivity contribution in [1.29, 1.82) is 0 Å². The zero-order chi connectivity index (χ0) is 8.55. The summed E-state index contributed by atoms with van der Waals surface area (Å²) in [4.78, 5) is 0. The molecule has 0 aromatic carbocycles. The van der Waals surface area contributed by atoms with Crippen molar-refractivity contribution in [3.63, 3.8) is 0 Å². The molecule has 2 aliphatic carbocycles. The summed E-state index contributed by atoms with van der Waals surface area (Å²) in [6.07, 6.45) is 12.3. The van der Waals surface area contributed by atoms with Gasteiger partial charge in [0, 0.05) is 0 Å². The molecule has 1 atom stereocenters. The second-order valence-corrected chi connectivity index (χ2v) is 3.68. The van der Waals surface area contributed by atoms with Crippen LogP contribution in [0.4, 0.5) is 0 Å². The molecule has 0 bridgehead atoms. The predicted octanol–water partition coefficient (Wildman–Crippen LogP) is 3.40. The van der Waals surface area contributed by atoms with Crippen LogP contribution in [0, 0.1) is 5.92 Å². The Morgan fingerprint density at radius 2 is 2.17 bits per heavy atom. The van der Waals surface area contributed by atoms with Crippen molar-refractivity contribution >= 4 is 0 Å². The molecule has 2 aliphatic rings. The molecule has 0 nitrogen and oxygen atoms in total. The summed E-state index contributed by atoms with van der Waals surface area (Å²) in [5.41, 5.74) is 4.51. The molecule has 0 saturated carbocycles. The van der Waals surface area contributed by atoms with Crippen LogP contribution in [0.2, 0.25) is 0 Å². The summed E-state index contributed by atoms with van der Waals surface area (Å²) in [7, 11) is 0. The first-order valence-electron chi connectivity index (χ1n) is 4.52. The fourth-order valence-electron chi connectivity index (χ4n) is 1.90. The van der Waals surface area contributed by atoms with Gasteiger partial charge in [-0.05, 0) is 30.4 Å². The van der Waals surface area contributed by atoms with Crippen molar-refractivity contribution in [2.24, 2.45) is 5.92 Å². The fraction of sp³-hybridized carbons (Fsp3) is 0.333. The van der Waals surface area contributed by atoms with Gasteiger partial charge in [0.1, 0.15) is 0 Å². The molecule has 0 heteroatoms. The zero-order valence-corrected chi connectivity index (χ0v) is 7.67. The van der Waals surface area contributed by atoms with E-state index in [1.54, 1.807) is 0 Å². The normalized spacial score (nSPS) is 27.2. The highest BCUT2D eigenvalue weighted by molar-refractivity contribution is 5.48. The van der Waals surface area contributed by atoms with Gasteiger partial charge in [-0.25, -0.2) is 0 Å². The molecular weight excluding hydrogens is 144 g/mol. The standard InChI is InChI=1S/C12H14/c1-9-7-11-6-4-3-5-10(2)12(11)8-9/h3-6,8,10H,7H2,1-2H3. The van der Waals surface area contributed by atoms with Gasteiger partial charge in [0.05, 0.1) is 0 Å². The van der Waals surface area contributed by atoms with E-state index >= 15 is 0 Å². The third kappa shape index (κ3) is 1.18. The average molecular weight is 158 g/mol. The van der Waals surface area contributed by atoms with Crippen LogP contribution in [-0.4, -0.2) is 0 Å². The topological polar surface area (TPSA) is 0 Å². The van der Waals surface area contributed by atoms with Gasteiger partial charge in [-0.1, -0.05) is 42.9 Å². The minimum Gasteiger partial charge on any atom is -0.0773 e. The molecule has 0 spiro atoms. The second kappa shape index (κ2) is 2.78. The van der Waals surface area contributed by atoms with Crippen LogP contribution in [0.5, 0.6) is 0 Å². The number of rotatable bonds is 0. The SMILES string of the molecule is CC1=CC2=C(C=CC=CC2C)C1. The first-order chi connectivity index (χ1) is 5.77. The van der Waals surface area contributed by atoms with Crippen molar-refractivity contribution in [3.05, 3.63) is 47.1 Å². The Morgan fingerprint density at radius 3 is 3.00 bits per heavy atom.